The summed E-state index contributed by atoms with van der Waals surface area (Å²) in [7, 11) is 1.66. The van der Waals surface area contributed by atoms with Gasteiger partial charge in [0.2, 0.25) is 0 Å². The van der Waals surface area contributed by atoms with Crippen LogP contribution in [0.5, 0.6) is 0 Å². The monoisotopic (exact) mass is 272 g/mol. The van der Waals surface area contributed by atoms with Crippen molar-refractivity contribution in [3.63, 3.8) is 0 Å². The molecule has 0 aromatic heterocycles. The van der Waals surface area contributed by atoms with E-state index in [9.17, 15) is 9.90 Å². The highest BCUT2D eigenvalue weighted by atomic mass is 16.5. The maximum Gasteiger partial charge on any atom is 0.306 e. The smallest absolute Gasteiger partial charge is 0.306 e. The number of methoxy groups -OCH3 is 1. The van der Waals surface area contributed by atoms with Crippen LogP contribution in [0.15, 0.2) is 0 Å². The molecule has 4 nitrogen and oxygen atoms in total. The third-order valence-electron chi connectivity index (χ3n) is 4.13. The molecular weight excluding hydrogens is 244 g/mol. The Morgan fingerprint density at radius 2 is 2.05 bits per heavy atom. The molecule has 1 saturated carbocycles. The third kappa shape index (κ3) is 5.91. The number of carbonyl (C=O) groups is 1. The SMILES string of the molecule is COCCOCCCC1CC(C)(C)CCC1C(=O)O. The lowest BCUT2D eigenvalue weighted by Gasteiger charge is -2.39. The molecule has 2 unspecified atom stereocenters. The van der Waals surface area contributed by atoms with E-state index in [0.717, 1.165) is 32.1 Å². The van der Waals surface area contributed by atoms with Crippen molar-refractivity contribution >= 4 is 5.97 Å². The normalized spacial score (nSPS) is 26.3. The minimum Gasteiger partial charge on any atom is -0.481 e. The second kappa shape index (κ2) is 7.85. The predicted molar refractivity (Wildman–Crippen MR) is 74.2 cm³/mol. The van der Waals surface area contributed by atoms with Crippen LogP contribution in [0.4, 0.5) is 0 Å². The van der Waals surface area contributed by atoms with E-state index in [1.807, 2.05) is 0 Å². The summed E-state index contributed by atoms with van der Waals surface area (Å²) in [6.07, 6.45) is 4.74. The first-order valence-corrected chi connectivity index (χ1v) is 7.26. The Hall–Kier alpha value is -0.610. The van der Waals surface area contributed by atoms with Gasteiger partial charge in [-0.15, -0.1) is 0 Å². The van der Waals surface area contributed by atoms with Crippen LogP contribution in [-0.4, -0.2) is 38.0 Å². The van der Waals surface area contributed by atoms with Crippen molar-refractivity contribution in [2.45, 2.75) is 46.0 Å². The summed E-state index contributed by atoms with van der Waals surface area (Å²) in [4.78, 5) is 11.3. The summed E-state index contributed by atoms with van der Waals surface area (Å²) >= 11 is 0. The Balaban J connectivity index is 2.32. The van der Waals surface area contributed by atoms with E-state index < -0.39 is 5.97 Å². The molecule has 0 aromatic carbocycles. The highest BCUT2D eigenvalue weighted by Crippen LogP contribution is 2.43. The van der Waals surface area contributed by atoms with Crippen LogP contribution in [0.1, 0.15) is 46.0 Å². The van der Waals surface area contributed by atoms with Crippen LogP contribution in [0.2, 0.25) is 0 Å². The van der Waals surface area contributed by atoms with E-state index >= 15 is 0 Å². The van der Waals surface area contributed by atoms with Gasteiger partial charge in [-0.3, -0.25) is 4.79 Å². The molecule has 1 aliphatic rings. The van der Waals surface area contributed by atoms with Crippen LogP contribution >= 0.6 is 0 Å². The molecule has 0 radical (unpaired) electrons. The van der Waals surface area contributed by atoms with Gasteiger partial charge in [-0.2, -0.15) is 0 Å². The molecule has 1 N–H and O–H groups in total. The topological polar surface area (TPSA) is 55.8 Å². The average Bonchev–Trinajstić information content (AvgIpc) is 2.32. The maximum atomic E-state index is 11.3. The van der Waals surface area contributed by atoms with Crippen LogP contribution in [-0.2, 0) is 14.3 Å². The van der Waals surface area contributed by atoms with Gasteiger partial charge in [-0.05, 0) is 43.4 Å². The fraction of sp³-hybridized carbons (Fsp3) is 0.933. The summed E-state index contributed by atoms with van der Waals surface area (Å²) in [5, 5.41) is 9.30. The zero-order valence-electron chi connectivity index (χ0n) is 12.5. The van der Waals surface area contributed by atoms with E-state index in [2.05, 4.69) is 13.8 Å². The van der Waals surface area contributed by atoms with E-state index in [1.54, 1.807) is 7.11 Å². The molecule has 0 bridgehead atoms. The maximum absolute atomic E-state index is 11.3. The van der Waals surface area contributed by atoms with E-state index in [0.29, 0.717) is 25.7 Å². The predicted octanol–water partition coefficient (Wildman–Crippen LogP) is 2.96. The van der Waals surface area contributed by atoms with Gasteiger partial charge in [0.05, 0.1) is 19.1 Å². The Morgan fingerprint density at radius 3 is 2.68 bits per heavy atom. The van der Waals surface area contributed by atoms with Crippen LogP contribution < -0.4 is 0 Å². The van der Waals surface area contributed by atoms with E-state index in [1.165, 1.54) is 0 Å². The fourth-order valence-electron chi connectivity index (χ4n) is 3.06. The molecule has 0 aliphatic heterocycles. The van der Waals surface area contributed by atoms with Crippen molar-refractivity contribution in [2.24, 2.45) is 17.3 Å². The second-order valence-electron chi connectivity index (χ2n) is 6.36. The lowest BCUT2D eigenvalue weighted by atomic mass is 9.66. The average molecular weight is 272 g/mol. The summed E-state index contributed by atoms with van der Waals surface area (Å²) in [5.74, 6) is -0.486. The van der Waals surface area contributed by atoms with Gasteiger partial charge in [0.1, 0.15) is 0 Å². The lowest BCUT2D eigenvalue weighted by Crippen LogP contribution is -2.34. The summed E-state index contributed by atoms with van der Waals surface area (Å²) in [5.41, 5.74) is 0.285. The van der Waals surface area contributed by atoms with Gasteiger partial charge in [-0.25, -0.2) is 0 Å². The molecule has 112 valence electrons. The van der Waals surface area contributed by atoms with Gasteiger partial charge in [0, 0.05) is 13.7 Å². The number of carboxylic acid groups (broad SMARTS) is 1. The minimum atomic E-state index is -0.624. The van der Waals surface area contributed by atoms with Crippen molar-refractivity contribution < 1.29 is 19.4 Å². The Bertz CT molecular complexity index is 275. The third-order valence-corrected chi connectivity index (χ3v) is 4.13. The molecule has 4 heteroatoms. The number of hydrogen-bond acceptors (Lipinski definition) is 3. The number of rotatable bonds is 8. The molecule has 2 atom stereocenters. The Morgan fingerprint density at radius 1 is 1.32 bits per heavy atom. The minimum absolute atomic E-state index is 0.160. The van der Waals surface area contributed by atoms with Crippen molar-refractivity contribution in [1.29, 1.82) is 0 Å². The Labute approximate surface area is 116 Å². The highest BCUT2D eigenvalue weighted by Gasteiger charge is 2.37. The Kier molecular flexibility index (Phi) is 6.80. The molecule has 0 heterocycles. The first-order valence-electron chi connectivity index (χ1n) is 7.26. The summed E-state index contributed by atoms with van der Waals surface area (Å²) in [6, 6.07) is 0. The number of carboxylic acids is 1. The van der Waals surface area contributed by atoms with Crippen molar-refractivity contribution in [3.8, 4) is 0 Å². The molecule has 0 aromatic rings. The van der Waals surface area contributed by atoms with Gasteiger partial charge in [0.25, 0.3) is 0 Å². The first-order chi connectivity index (χ1) is 8.96. The number of hydrogen-bond donors (Lipinski definition) is 1. The van der Waals surface area contributed by atoms with Crippen LogP contribution in [0.3, 0.4) is 0 Å². The summed E-state index contributed by atoms with van der Waals surface area (Å²) < 4.78 is 10.4. The molecular formula is C15H28O4. The quantitative estimate of drug-likeness (QED) is 0.690. The highest BCUT2D eigenvalue weighted by molar-refractivity contribution is 5.70. The van der Waals surface area contributed by atoms with Gasteiger partial charge >= 0.3 is 5.97 Å². The fourth-order valence-corrected chi connectivity index (χ4v) is 3.06. The second-order valence-corrected chi connectivity index (χ2v) is 6.36. The van der Waals surface area contributed by atoms with Crippen LogP contribution in [0.25, 0.3) is 0 Å². The first kappa shape index (κ1) is 16.4. The van der Waals surface area contributed by atoms with Crippen molar-refractivity contribution in [2.75, 3.05) is 26.9 Å². The number of ether oxygens (including phenoxy) is 2. The standard InChI is InChI=1S/C15H28O4/c1-15(2)7-6-13(14(16)17)12(11-15)5-4-8-19-10-9-18-3/h12-13H,4-11H2,1-3H3,(H,16,17). The van der Waals surface area contributed by atoms with Crippen LogP contribution in [0, 0.1) is 17.3 Å². The van der Waals surface area contributed by atoms with Crippen molar-refractivity contribution in [1.82, 2.24) is 0 Å². The zero-order chi connectivity index (χ0) is 14.3. The largest absolute Gasteiger partial charge is 0.481 e. The molecule has 19 heavy (non-hydrogen) atoms. The van der Waals surface area contributed by atoms with E-state index in [4.69, 9.17) is 9.47 Å². The molecule has 0 saturated heterocycles. The zero-order valence-corrected chi connectivity index (χ0v) is 12.5. The van der Waals surface area contributed by atoms with E-state index in [-0.39, 0.29) is 11.3 Å². The molecule has 0 amide bonds. The molecule has 1 rings (SSSR count). The molecule has 1 aliphatic carbocycles. The summed E-state index contributed by atoms with van der Waals surface area (Å²) in [6.45, 7) is 6.43. The van der Waals surface area contributed by atoms with Gasteiger partial charge in [0.15, 0.2) is 0 Å². The molecule has 1 fully saturated rings. The van der Waals surface area contributed by atoms with Crippen molar-refractivity contribution in [3.05, 3.63) is 0 Å². The van der Waals surface area contributed by atoms with Gasteiger partial charge in [-0.1, -0.05) is 13.8 Å². The number of aliphatic carboxylic acids is 1. The molecule has 0 spiro atoms. The lowest BCUT2D eigenvalue weighted by molar-refractivity contribution is -0.146. The van der Waals surface area contributed by atoms with Gasteiger partial charge < -0.3 is 14.6 Å².